The van der Waals surface area contributed by atoms with Crippen LogP contribution in [0.15, 0.2) is 18.2 Å². The Kier molecular flexibility index (Phi) is 4.01. The lowest BCUT2D eigenvalue weighted by atomic mass is 9.74. The molecule has 112 valence electrons. The number of benzene rings is 1. The highest BCUT2D eigenvalue weighted by molar-refractivity contribution is 5.41. The van der Waals surface area contributed by atoms with Gasteiger partial charge in [0.1, 0.15) is 0 Å². The molecule has 1 aromatic carbocycles. The molecule has 0 bridgehead atoms. The van der Waals surface area contributed by atoms with Gasteiger partial charge in [0.15, 0.2) is 11.5 Å². The smallest absolute Gasteiger partial charge is 0.160 e. The molecule has 0 aliphatic carbocycles. The number of rotatable bonds is 3. The molecule has 3 heteroatoms. The number of piperidine rings is 1. The minimum Gasteiger partial charge on any atom is -0.504 e. The number of hydrogen-bond acceptors (Lipinski definition) is 3. The molecule has 0 radical (unpaired) electrons. The number of methoxy groups -OCH3 is 1. The third-order valence-corrected chi connectivity index (χ3v) is 4.04. The van der Waals surface area contributed by atoms with E-state index >= 15 is 0 Å². The molecule has 0 unspecified atom stereocenters. The van der Waals surface area contributed by atoms with Crippen molar-refractivity contribution in [1.29, 1.82) is 0 Å². The molecule has 2 rings (SSSR count). The number of phenols is 1. The third-order valence-electron chi connectivity index (χ3n) is 4.04. The molecule has 1 aliphatic rings. The summed E-state index contributed by atoms with van der Waals surface area (Å²) < 4.78 is 5.19. The van der Waals surface area contributed by atoms with Gasteiger partial charge in [-0.05, 0) is 70.6 Å². The summed E-state index contributed by atoms with van der Waals surface area (Å²) in [5, 5.41) is 13.4. The Hall–Kier alpha value is -1.22. The first-order chi connectivity index (χ1) is 9.21. The van der Waals surface area contributed by atoms with E-state index in [4.69, 9.17) is 4.74 Å². The van der Waals surface area contributed by atoms with Crippen molar-refractivity contribution in [2.75, 3.05) is 7.11 Å². The molecule has 2 N–H and O–H groups in total. The highest BCUT2D eigenvalue weighted by atomic mass is 16.5. The maximum atomic E-state index is 9.67. The number of nitrogens with one attached hydrogen (secondary N) is 1. The SMILES string of the molecule is COc1cc(CC2CC(C)(C)NC(C)(C)C2)ccc1O. The molecular formula is C17H27NO2. The van der Waals surface area contributed by atoms with Gasteiger partial charge in [-0.25, -0.2) is 0 Å². The van der Waals surface area contributed by atoms with Crippen LogP contribution in [0.25, 0.3) is 0 Å². The van der Waals surface area contributed by atoms with Crippen LogP contribution in [-0.2, 0) is 6.42 Å². The number of ether oxygens (including phenoxy) is 1. The quantitative estimate of drug-likeness (QED) is 0.888. The zero-order valence-electron chi connectivity index (χ0n) is 13.3. The van der Waals surface area contributed by atoms with E-state index in [1.54, 1.807) is 13.2 Å². The van der Waals surface area contributed by atoms with Crippen LogP contribution in [0.5, 0.6) is 11.5 Å². The van der Waals surface area contributed by atoms with Crippen molar-refractivity contribution >= 4 is 0 Å². The Bertz CT molecular complexity index is 464. The topological polar surface area (TPSA) is 41.5 Å². The van der Waals surface area contributed by atoms with Gasteiger partial charge < -0.3 is 15.2 Å². The van der Waals surface area contributed by atoms with E-state index in [2.05, 4.69) is 33.0 Å². The van der Waals surface area contributed by atoms with Crippen LogP contribution >= 0.6 is 0 Å². The molecule has 0 atom stereocenters. The Morgan fingerprint density at radius 1 is 1.20 bits per heavy atom. The van der Waals surface area contributed by atoms with Crippen molar-refractivity contribution in [3.05, 3.63) is 23.8 Å². The lowest BCUT2D eigenvalue weighted by Gasteiger charge is -2.46. The summed E-state index contributed by atoms with van der Waals surface area (Å²) in [6.07, 6.45) is 3.37. The second-order valence-corrected chi connectivity index (χ2v) is 7.38. The van der Waals surface area contributed by atoms with E-state index in [9.17, 15) is 5.11 Å². The zero-order valence-corrected chi connectivity index (χ0v) is 13.3. The zero-order chi connectivity index (χ0) is 15.0. The molecule has 0 aromatic heterocycles. The van der Waals surface area contributed by atoms with Crippen LogP contribution in [0.4, 0.5) is 0 Å². The summed E-state index contributed by atoms with van der Waals surface area (Å²) in [6, 6.07) is 5.68. The molecule has 1 aromatic rings. The second kappa shape index (κ2) is 5.28. The largest absolute Gasteiger partial charge is 0.504 e. The molecule has 1 aliphatic heterocycles. The van der Waals surface area contributed by atoms with Crippen LogP contribution in [0, 0.1) is 5.92 Å². The fourth-order valence-electron chi connectivity index (χ4n) is 3.86. The van der Waals surface area contributed by atoms with Crippen molar-refractivity contribution in [3.63, 3.8) is 0 Å². The van der Waals surface area contributed by atoms with E-state index < -0.39 is 0 Å². The molecule has 0 spiro atoms. The summed E-state index contributed by atoms with van der Waals surface area (Å²) in [6.45, 7) is 9.10. The van der Waals surface area contributed by atoms with Gasteiger partial charge in [-0.15, -0.1) is 0 Å². The summed E-state index contributed by atoms with van der Waals surface area (Å²) >= 11 is 0. The van der Waals surface area contributed by atoms with Crippen molar-refractivity contribution in [3.8, 4) is 11.5 Å². The van der Waals surface area contributed by atoms with E-state index in [-0.39, 0.29) is 16.8 Å². The molecule has 0 amide bonds. The normalized spacial score (nSPS) is 21.6. The first-order valence-corrected chi connectivity index (χ1v) is 7.36. The highest BCUT2D eigenvalue weighted by Crippen LogP contribution is 2.36. The van der Waals surface area contributed by atoms with E-state index in [1.807, 2.05) is 12.1 Å². The Morgan fingerprint density at radius 3 is 2.35 bits per heavy atom. The van der Waals surface area contributed by atoms with E-state index in [0.717, 1.165) is 6.42 Å². The van der Waals surface area contributed by atoms with Gasteiger partial charge in [-0.3, -0.25) is 0 Å². The van der Waals surface area contributed by atoms with Crippen LogP contribution in [0.2, 0.25) is 0 Å². The lowest BCUT2D eigenvalue weighted by Crippen LogP contribution is -2.58. The standard InChI is InChI=1S/C17H27NO2/c1-16(2)10-13(11-17(3,4)18-16)8-12-6-7-14(19)15(9-12)20-5/h6-7,9,13,18-19H,8,10-11H2,1-5H3. The fraction of sp³-hybridized carbons (Fsp3) is 0.647. The van der Waals surface area contributed by atoms with Gasteiger partial charge in [0, 0.05) is 11.1 Å². The lowest BCUT2D eigenvalue weighted by molar-refractivity contribution is 0.128. The highest BCUT2D eigenvalue weighted by Gasteiger charge is 2.37. The average Bonchev–Trinajstić information content (AvgIpc) is 2.27. The average molecular weight is 277 g/mol. The fourth-order valence-corrected chi connectivity index (χ4v) is 3.86. The van der Waals surface area contributed by atoms with Crippen LogP contribution in [0.1, 0.15) is 46.1 Å². The molecule has 20 heavy (non-hydrogen) atoms. The van der Waals surface area contributed by atoms with Gasteiger partial charge in [-0.1, -0.05) is 6.07 Å². The summed E-state index contributed by atoms with van der Waals surface area (Å²) in [5.41, 5.74) is 1.58. The van der Waals surface area contributed by atoms with E-state index in [1.165, 1.54) is 18.4 Å². The van der Waals surface area contributed by atoms with Crippen molar-refractivity contribution < 1.29 is 9.84 Å². The summed E-state index contributed by atoms with van der Waals surface area (Å²) in [5.74, 6) is 1.42. The van der Waals surface area contributed by atoms with Crippen LogP contribution in [-0.4, -0.2) is 23.3 Å². The van der Waals surface area contributed by atoms with Gasteiger partial charge in [0.2, 0.25) is 0 Å². The van der Waals surface area contributed by atoms with E-state index in [0.29, 0.717) is 11.7 Å². The molecule has 1 fully saturated rings. The maximum Gasteiger partial charge on any atom is 0.160 e. The number of hydrogen-bond donors (Lipinski definition) is 2. The monoisotopic (exact) mass is 277 g/mol. The maximum absolute atomic E-state index is 9.67. The summed E-state index contributed by atoms with van der Waals surface area (Å²) in [7, 11) is 1.59. The molecule has 0 saturated carbocycles. The predicted molar refractivity (Wildman–Crippen MR) is 82.4 cm³/mol. The summed E-state index contributed by atoms with van der Waals surface area (Å²) in [4.78, 5) is 0. The third kappa shape index (κ3) is 3.66. The first-order valence-electron chi connectivity index (χ1n) is 7.36. The number of phenolic OH excluding ortho intramolecular Hbond substituents is 1. The predicted octanol–water partition coefficient (Wildman–Crippen LogP) is 3.50. The van der Waals surface area contributed by atoms with Gasteiger partial charge >= 0.3 is 0 Å². The Morgan fingerprint density at radius 2 is 1.80 bits per heavy atom. The van der Waals surface area contributed by atoms with Crippen LogP contribution in [0.3, 0.4) is 0 Å². The first kappa shape index (κ1) is 15.2. The van der Waals surface area contributed by atoms with Gasteiger partial charge in [0.25, 0.3) is 0 Å². The molecule has 3 nitrogen and oxygen atoms in total. The van der Waals surface area contributed by atoms with Gasteiger partial charge in [0.05, 0.1) is 7.11 Å². The number of aromatic hydroxyl groups is 1. The molecular weight excluding hydrogens is 250 g/mol. The Balaban J connectivity index is 2.13. The van der Waals surface area contributed by atoms with Crippen molar-refractivity contribution in [1.82, 2.24) is 5.32 Å². The van der Waals surface area contributed by atoms with Crippen LogP contribution < -0.4 is 10.1 Å². The second-order valence-electron chi connectivity index (χ2n) is 7.38. The van der Waals surface area contributed by atoms with Crippen molar-refractivity contribution in [2.45, 2.75) is 58.0 Å². The van der Waals surface area contributed by atoms with Crippen molar-refractivity contribution in [2.24, 2.45) is 5.92 Å². The minimum absolute atomic E-state index is 0.174. The minimum atomic E-state index is 0.174. The van der Waals surface area contributed by atoms with Gasteiger partial charge in [-0.2, -0.15) is 0 Å². The Labute approximate surface area is 122 Å². The molecule has 1 saturated heterocycles. The molecule has 1 heterocycles.